The van der Waals surface area contributed by atoms with Gasteiger partial charge in [-0.25, -0.2) is 4.98 Å². The van der Waals surface area contributed by atoms with Crippen LogP contribution in [0.3, 0.4) is 0 Å². The second-order valence-corrected chi connectivity index (χ2v) is 4.10. The minimum Gasteiger partial charge on any atom is -0.290 e. The Balaban J connectivity index is 2.37. The van der Waals surface area contributed by atoms with Crippen LogP contribution in [0.25, 0.3) is 16.7 Å². The summed E-state index contributed by atoms with van der Waals surface area (Å²) in [5, 5.41) is 11.1. The van der Waals surface area contributed by atoms with Crippen LogP contribution in [0.15, 0.2) is 42.7 Å². The van der Waals surface area contributed by atoms with Gasteiger partial charge >= 0.3 is 5.69 Å². The van der Waals surface area contributed by atoms with Crippen LogP contribution >= 0.6 is 0 Å². The molecule has 3 aromatic rings. The summed E-state index contributed by atoms with van der Waals surface area (Å²) >= 11 is 0. The van der Waals surface area contributed by atoms with E-state index in [9.17, 15) is 10.1 Å². The van der Waals surface area contributed by atoms with Gasteiger partial charge in [-0.2, -0.15) is 0 Å². The molecule has 0 aliphatic rings. The van der Waals surface area contributed by atoms with Crippen molar-refractivity contribution in [1.82, 2.24) is 14.5 Å². The van der Waals surface area contributed by atoms with Crippen LogP contribution in [-0.2, 0) is 0 Å². The number of nitrogens with zero attached hydrogens (tertiary/aromatic N) is 4. The SMILES string of the molecule is Cc1nc2ccccc2n1-c1ccncc1[N+](=O)[O-]. The van der Waals surface area contributed by atoms with Crippen molar-refractivity contribution < 1.29 is 4.92 Å². The molecule has 0 aliphatic carbocycles. The summed E-state index contributed by atoms with van der Waals surface area (Å²) in [7, 11) is 0. The molecule has 3 rings (SSSR count). The Morgan fingerprint density at radius 1 is 1.26 bits per heavy atom. The number of pyridine rings is 1. The van der Waals surface area contributed by atoms with Gasteiger partial charge in [0.15, 0.2) is 0 Å². The van der Waals surface area contributed by atoms with Gasteiger partial charge in [0.25, 0.3) is 0 Å². The molecule has 1 aromatic carbocycles. The molecule has 0 N–H and O–H groups in total. The molecule has 0 saturated heterocycles. The number of hydrogen-bond acceptors (Lipinski definition) is 4. The number of aryl methyl sites for hydroxylation is 1. The van der Waals surface area contributed by atoms with E-state index in [0.29, 0.717) is 11.5 Å². The summed E-state index contributed by atoms with van der Waals surface area (Å²) < 4.78 is 1.77. The van der Waals surface area contributed by atoms with Crippen molar-refractivity contribution in [2.75, 3.05) is 0 Å². The van der Waals surface area contributed by atoms with E-state index in [1.165, 1.54) is 12.4 Å². The fourth-order valence-electron chi connectivity index (χ4n) is 2.16. The lowest BCUT2D eigenvalue weighted by Crippen LogP contribution is -2.02. The predicted molar refractivity (Wildman–Crippen MR) is 70.3 cm³/mol. The number of rotatable bonds is 2. The van der Waals surface area contributed by atoms with Crippen LogP contribution < -0.4 is 0 Å². The molecule has 6 nitrogen and oxygen atoms in total. The number of fused-ring (bicyclic) bond motifs is 1. The lowest BCUT2D eigenvalue weighted by atomic mass is 10.3. The van der Waals surface area contributed by atoms with Crippen LogP contribution in [0.5, 0.6) is 0 Å². The molecule has 0 amide bonds. The third kappa shape index (κ3) is 1.74. The third-order valence-corrected chi connectivity index (χ3v) is 2.94. The van der Waals surface area contributed by atoms with E-state index in [4.69, 9.17) is 0 Å². The van der Waals surface area contributed by atoms with Gasteiger partial charge in [-0.1, -0.05) is 12.1 Å². The van der Waals surface area contributed by atoms with Crippen molar-refractivity contribution in [2.45, 2.75) is 6.92 Å². The smallest absolute Gasteiger partial charge is 0.290 e. The normalized spacial score (nSPS) is 10.8. The number of nitro groups is 1. The summed E-state index contributed by atoms with van der Waals surface area (Å²) in [6.45, 7) is 1.82. The molecule has 0 atom stereocenters. The molecule has 94 valence electrons. The summed E-state index contributed by atoms with van der Waals surface area (Å²) in [6.07, 6.45) is 2.79. The Hall–Kier alpha value is -2.76. The lowest BCUT2D eigenvalue weighted by molar-refractivity contribution is -0.384. The molecular formula is C13H10N4O2. The van der Waals surface area contributed by atoms with Gasteiger partial charge in [-0.3, -0.25) is 19.7 Å². The molecule has 0 saturated carbocycles. The van der Waals surface area contributed by atoms with Gasteiger partial charge in [0.2, 0.25) is 0 Å². The maximum atomic E-state index is 11.1. The monoisotopic (exact) mass is 254 g/mol. The minimum atomic E-state index is -0.434. The van der Waals surface area contributed by atoms with E-state index in [1.807, 2.05) is 31.2 Å². The van der Waals surface area contributed by atoms with E-state index in [1.54, 1.807) is 10.6 Å². The van der Waals surface area contributed by atoms with Gasteiger partial charge in [0, 0.05) is 6.20 Å². The van der Waals surface area contributed by atoms with E-state index < -0.39 is 4.92 Å². The average Bonchev–Trinajstić information content (AvgIpc) is 2.74. The van der Waals surface area contributed by atoms with Gasteiger partial charge in [-0.15, -0.1) is 0 Å². The molecule has 0 spiro atoms. The van der Waals surface area contributed by atoms with E-state index >= 15 is 0 Å². The Labute approximate surface area is 108 Å². The molecular weight excluding hydrogens is 244 g/mol. The zero-order valence-corrected chi connectivity index (χ0v) is 10.1. The average molecular weight is 254 g/mol. The first-order valence-electron chi connectivity index (χ1n) is 5.71. The molecule has 0 aliphatic heterocycles. The maximum Gasteiger partial charge on any atom is 0.311 e. The van der Waals surface area contributed by atoms with Crippen molar-refractivity contribution in [1.29, 1.82) is 0 Å². The van der Waals surface area contributed by atoms with Crippen molar-refractivity contribution in [3.8, 4) is 5.69 Å². The number of para-hydroxylation sites is 2. The van der Waals surface area contributed by atoms with Crippen molar-refractivity contribution >= 4 is 16.7 Å². The molecule has 0 unspecified atom stereocenters. The Morgan fingerprint density at radius 3 is 2.84 bits per heavy atom. The van der Waals surface area contributed by atoms with Crippen LogP contribution in [0.1, 0.15) is 5.82 Å². The van der Waals surface area contributed by atoms with Gasteiger partial charge in [0.05, 0.1) is 16.0 Å². The first kappa shape index (κ1) is 11.3. The lowest BCUT2D eigenvalue weighted by Gasteiger charge is -2.06. The zero-order valence-electron chi connectivity index (χ0n) is 10.1. The molecule has 0 radical (unpaired) electrons. The van der Waals surface area contributed by atoms with E-state index in [2.05, 4.69) is 9.97 Å². The number of imidazole rings is 1. The topological polar surface area (TPSA) is 73.8 Å². The zero-order chi connectivity index (χ0) is 13.4. The number of benzene rings is 1. The first-order chi connectivity index (χ1) is 9.18. The van der Waals surface area contributed by atoms with Gasteiger partial charge < -0.3 is 0 Å². The summed E-state index contributed by atoms with van der Waals surface area (Å²) in [5.41, 5.74) is 2.10. The molecule has 0 fully saturated rings. The second kappa shape index (κ2) is 4.16. The van der Waals surface area contributed by atoms with Crippen LogP contribution in [0.4, 0.5) is 5.69 Å². The van der Waals surface area contributed by atoms with Gasteiger partial charge in [0.1, 0.15) is 17.7 Å². The second-order valence-electron chi connectivity index (χ2n) is 4.10. The molecule has 0 bridgehead atoms. The Bertz CT molecular complexity index is 779. The maximum absolute atomic E-state index is 11.1. The van der Waals surface area contributed by atoms with E-state index in [0.717, 1.165) is 11.0 Å². The van der Waals surface area contributed by atoms with Crippen molar-refractivity contribution in [3.63, 3.8) is 0 Å². The van der Waals surface area contributed by atoms with Crippen LogP contribution in [-0.4, -0.2) is 19.5 Å². The molecule has 2 aromatic heterocycles. The Morgan fingerprint density at radius 2 is 2.05 bits per heavy atom. The first-order valence-corrected chi connectivity index (χ1v) is 5.71. The third-order valence-electron chi connectivity index (χ3n) is 2.94. The molecule has 6 heteroatoms. The summed E-state index contributed by atoms with van der Waals surface area (Å²) in [5.74, 6) is 0.704. The van der Waals surface area contributed by atoms with Crippen LogP contribution in [0.2, 0.25) is 0 Å². The van der Waals surface area contributed by atoms with E-state index in [-0.39, 0.29) is 5.69 Å². The summed E-state index contributed by atoms with van der Waals surface area (Å²) in [6, 6.07) is 9.16. The molecule has 2 heterocycles. The number of hydrogen-bond donors (Lipinski definition) is 0. The Kier molecular flexibility index (Phi) is 2.49. The highest BCUT2D eigenvalue weighted by Gasteiger charge is 2.18. The largest absolute Gasteiger partial charge is 0.311 e. The predicted octanol–water partition coefficient (Wildman–Crippen LogP) is 2.64. The highest BCUT2D eigenvalue weighted by atomic mass is 16.6. The van der Waals surface area contributed by atoms with Crippen LogP contribution in [0, 0.1) is 17.0 Å². The quantitative estimate of drug-likeness (QED) is 0.520. The fourth-order valence-corrected chi connectivity index (χ4v) is 2.16. The van der Waals surface area contributed by atoms with Gasteiger partial charge in [-0.05, 0) is 25.1 Å². The standard InChI is InChI=1S/C13H10N4O2/c1-9-15-10-4-2-3-5-11(10)16(9)12-6-7-14-8-13(12)17(18)19/h2-8H,1H3. The van der Waals surface area contributed by atoms with Crippen molar-refractivity contribution in [2.24, 2.45) is 0 Å². The summed E-state index contributed by atoms with van der Waals surface area (Å²) in [4.78, 5) is 18.9. The number of aromatic nitrogens is 3. The fraction of sp³-hybridized carbons (Fsp3) is 0.0769. The molecule has 19 heavy (non-hydrogen) atoms. The highest BCUT2D eigenvalue weighted by molar-refractivity contribution is 5.79. The van der Waals surface area contributed by atoms with Crippen molar-refractivity contribution in [3.05, 3.63) is 58.7 Å². The highest BCUT2D eigenvalue weighted by Crippen LogP contribution is 2.27. The minimum absolute atomic E-state index is 0.0336.